The van der Waals surface area contributed by atoms with Gasteiger partial charge >= 0.3 is 5.97 Å². The van der Waals surface area contributed by atoms with Gasteiger partial charge < -0.3 is 14.7 Å². The quantitative estimate of drug-likeness (QED) is 0.496. The number of esters is 1. The number of nitrogens with zero attached hydrogens (tertiary/aromatic N) is 1. The van der Waals surface area contributed by atoms with Crippen LogP contribution < -0.4 is 0 Å². The fraction of sp³-hybridized carbons (Fsp3) is 0.367. The largest absolute Gasteiger partial charge is 0.459 e. The summed E-state index contributed by atoms with van der Waals surface area (Å²) in [5, 5.41) is 11.8. The second-order valence-electron chi connectivity index (χ2n) is 9.83. The van der Waals surface area contributed by atoms with Gasteiger partial charge in [-0.15, -0.1) is 0 Å². The summed E-state index contributed by atoms with van der Waals surface area (Å²) in [4.78, 5) is 16.1. The number of likely N-dealkylation sites (N-methyl/N-ethyl adjacent to an activating group) is 1. The summed E-state index contributed by atoms with van der Waals surface area (Å²) in [6.45, 7) is 0.983. The van der Waals surface area contributed by atoms with E-state index in [2.05, 4.69) is 36.2 Å². The first-order chi connectivity index (χ1) is 16.6. The van der Waals surface area contributed by atoms with E-state index < -0.39 is 11.6 Å². The van der Waals surface area contributed by atoms with Crippen molar-refractivity contribution in [3.63, 3.8) is 0 Å². The fourth-order valence-corrected chi connectivity index (χ4v) is 6.01. The number of fused-ring (bicyclic) bond motifs is 2. The average Bonchev–Trinajstić information content (AvgIpc) is 3.45. The van der Waals surface area contributed by atoms with Gasteiger partial charge in [0, 0.05) is 18.5 Å². The Bertz CT molecular complexity index is 1050. The van der Waals surface area contributed by atoms with Gasteiger partial charge in [0.15, 0.2) is 0 Å². The predicted octanol–water partition coefficient (Wildman–Crippen LogP) is 4.81. The highest BCUT2D eigenvalue weighted by Crippen LogP contribution is 2.49. The second-order valence-corrected chi connectivity index (χ2v) is 9.83. The zero-order valence-corrected chi connectivity index (χ0v) is 19.7. The minimum Gasteiger partial charge on any atom is -0.459 e. The first-order valence-corrected chi connectivity index (χ1v) is 12.4. The standard InChI is InChI=1S/C30H33NO3/c1-31(20-19-22-11-5-2-6-12-22)27-21-23-17-18-26(27)28(23)34-29(32)30(33,24-13-7-3-8-14-24)25-15-9-4-10-16-25/h2-16,23,26-28,33H,17-21H2,1H3/t23?,26-,27-,28?/m0/s1. The molecule has 0 radical (unpaired) electrons. The van der Waals surface area contributed by atoms with Crippen LogP contribution >= 0.6 is 0 Å². The molecule has 4 heteroatoms. The van der Waals surface area contributed by atoms with Crippen molar-refractivity contribution in [3.05, 3.63) is 108 Å². The normalized spacial score (nSPS) is 23.9. The predicted molar refractivity (Wildman–Crippen MR) is 133 cm³/mol. The van der Waals surface area contributed by atoms with Gasteiger partial charge in [-0.2, -0.15) is 0 Å². The number of carbonyl (C=O) groups is 1. The molecule has 3 aromatic rings. The zero-order chi connectivity index (χ0) is 23.5. The van der Waals surface area contributed by atoms with Crippen LogP contribution in [0.25, 0.3) is 0 Å². The minimum absolute atomic E-state index is 0.143. The summed E-state index contributed by atoms with van der Waals surface area (Å²) in [7, 11) is 2.19. The molecule has 0 saturated heterocycles. The molecule has 34 heavy (non-hydrogen) atoms. The summed E-state index contributed by atoms with van der Waals surface area (Å²) in [6, 6.07) is 29.3. The van der Waals surface area contributed by atoms with Crippen LogP contribution in [0.15, 0.2) is 91.0 Å². The van der Waals surface area contributed by atoms with Crippen LogP contribution in [-0.2, 0) is 21.6 Å². The van der Waals surface area contributed by atoms with Gasteiger partial charge in [0.25, 0.3) is 0 Å². The van der Waals surface area contributed by atoms with E-state index in [1.54, 1.807) is 24.3 Å². The topological polar surface area (TPSA) is 49.8 Å². The van der Waals surface area contributed by atoms with Crippen LogP contribution in [0, 0.1) is 11.8 Å². The van der Waals surface area contributed by atoms with Crippen LogP contribution in [0.2, 0.25) is 0 Å². The lowest BCUT2D eigenvalue weighted by atomic mass is 9.86. The SMILES string of the molecule is CN(CCc1ccccc1)[C@H]1CC2CC[C@@H]1C2OC(=O)C(O)(c1ccccc1)c1ccccc1. The van der Waals surface area contributed by atoms with Gasteiger partial charge in [0.2, 0.25) is 5.60 Å². The summed E-state index contributed by atoms with van der Waals surface area (Å²) in [5.74, 6) is 0.0961. The number of carbonyl (C=O) groups excluding carboxylic acids is 1. The number of benzene rings is 3. The lowest BCUT2D eigenvalue weighted by molar-refractivity contribution is -0.170. The van der Waals surface area contributed by atoms with Crippen LogP contribution in [0.3, 0.4) is 0 Å². The third-order valence-electron chi connectivity index (χ3n) is 7.88. The zero-order valence-electron chi connectivity index (χ0n) is 19.7. The van der Waals surface area contributed by atoms with Crippen molar-refractivity contribution in [1.29, 1.82) is 0 Å². The maximum Gasteiger partial charge on any atom is 0.347 e. The lowest BCUT2D eigenvalue weighted by Gasteiger charge is -2.32. The first-order valence-electron chi connectivity index (χ1n) is 12.4. The van der Waals surface area contributed by atoms with Gasteiger partial charge in [-0.3, -0.25) is 0 Å². The third-order valence-corrected chi connectivity index (χ3v) is 7.88. The van der Waals surface area contributed by atoms with E-state index in [9.17, 15) is 9.90 Å². The Morgan fingerprint density at radius 1 is 0.912 bits per heavy atom. The van der Waals surface area contributed by atoms with Gasteiger partial charge in [0.05, 0.1) is 0 Å². The minimum atomic E-state index is -1.82. The van der Waals surface area contributed by atoms with Crippen LogP contribution in [0.1, 0.15) is 36.0 Å². The number of ether oxygens (including phenoxy) is 1. The molecule has 5 rings (SSSR count). The van der Waals surface area contributed by atoms with Crippen molar-refractivity contribution in [2.45, 2.75) is 43.4 Å². The Morgan fingerprint density at radius 2 is 1.47 bits per heavy atom. The second kappa shape index (κ2) is 9.73. The molecule has 0 amide bonds. The number of hydrogen-bond donors (Lipinski definition) is 1. The molecule has 176 valence electrons. The summed E-state index contributed by atoms with van der Waals surface area (Å²) < 4.78 is 6.20. The van der Waals surface area contributed by atoms with Crippen molar-refractivity contribution in [2.24, 2.45) is 11.8 Å². The molecule has 2 bridgehead atoms. The summed E-state index contributed by atoms with van der Waals surface area (Å²) in [5.41, 5.74) is 0.594. The molecule has 0 aromatic heterocycles. The van der Waals surface area contributed by atoms with Crippen LogP contribution in [-0.4, -0.2) is 41.7 Å². The van der Waals surface area contributed by atoms with Gasteiger partial charge in [-0.1, -0.05) is 91.0 Å². The highest BCUT2D eigenvalue weighted by atomic mass is 16.6. The Balaban J connectivity index is 1.32. The molecule has 2 fully saturated rings. The molecular formula is C30H33NO3. The molecule has 4 nitrogen and oxygen atoms in total. The molecular weight excluding hydrogens is 422 g/mol. The summed E-state index contributed by atoms with van der Waals surface area (Å²) in [6.07, 6.45) is 4.06. The molecule has 0 aliphatic heterocycles. The highest BCUT2D eigenvalue weighted by molar-refractivity contribution is 5.85. The van der Waals surface area contributed by atoms with E-state index in [1.165, 1.54) is 5.56 Å². The first kappa shape index (κ1) is 22.8. The van der Waals surface area contributed by atoms with E-state index in [-0.39, 0.29) is 6.10 Å². The smallest absolute Gasteiger partial charge is 0.347 e. The third kappa shape index (κ3) is 4.28. The van der Waals surface area contributed by atoms with Crippen molar-refractivity contribution in [3.8, 4) is 0 Å². The molecule has 3 aromatic carbocycles. The van der Waals surface area contributed by atoms with E-state index >= 15 is 0 Å². The van der Waals surface area contributed by atoms with E-state index in [4.69, 9.17) is 4.74 Å². The summed E-state index contributed by atoms with van der Waals surface area (Å²) >= 11 is 0. The fourth-order valence-electron chi connectivity index (χ4n) is 6.01. The van der Waals surface area contributed by atoms with Crippen molar-refractivity contribution in [2.75, 3.05) is 13.6 Å². The Labute approximate surface area is 202 Å². The van der Waals surface area contributed by atoms with Crippen LogP contribution in [0.4, 0.5) is 0 Å². The highest BCUT2D eigenvalue weighted by Gasteiger charge is 2.53. The molecule has 2 unspecified atom stereocenters. The van der Waals surface area contributed by atoms with Gasteiger partial charge in [-0.05, 0) is 55.3 Å². The molecule has 2 aliphatic carbocycles. The van der Waals surface area contributed by atoms with Crippen LogP contribution in [0.5, 0.6) is 0 Å². The molecule has 1 N–H and O–H groups in total. The van der Waals surface area contributed by atoms with E-state index in [1.807, 2.05) is 42.5 Å². The lowest BCUT2D eigenvalue weighted by Crippen LogP contribution is -2.43. The maximum absolute atomic E-state index is 13.6. The van der Waals surface area contributed by atoms with E-state index in [0.29, 0.717) is 29.0 Å². The Hall–Kier alpha value is -2.95. The number of rotatable bonds is 8. The monoisotopic (exact) mass is 455 g/mol. The molecule has 4 atom stereocenters. The van der Waals surface area contributed by atoms with Crippen molar-refractivity contribution in [1.82, 2.24) is 4.90 Å². The van der Waals surface area contributed by atoms with Crippen molar-refractivity contribution >= 4 is 5.97 Å². The van der Waals surface area contributed by atoms with Gasteiger partial charge in [-0.25, -0.2) is 4.79 Å². The molecule has 2 aliphatic rings. The maximum atomic E-state index is 13.6. The Morgan fingerprint density at radius 3 is 2.06 bits per heavy atom. The molecule has 2 saturated carbocycles. The average molecular weight is 456 g/mol. The number of aliphatic hydroxyl groups is 1. The number of hydrogen-bond acceptors (Lipinski definition) is 4. The molecule has 0 spiro atoms. The van der Waals surface area contributed by atoms with Gasteiger partial charge in [0.1, 0.15) is 6.10 Å². The Kier molecular flexibility index (Phi) is 6.53. The van der Waals surface area contributed by atoms with Crippen molar-refractivity contribution < 1.29 is 14.6 Å². The molecule has 0 heterocycles. The van der Waals surface area contributed by atoms with E-state index in [0.717, 1.165) is 32.2 Å².